The zero-order valence-electron chi connectivity index (χ0n) is 19.5. The van der Waals surface area contributed by atoms with Crippen molar-refractivity contribution in [2.75, 3.05) is 6.61 Å². The smallest absolute Gasteiger partial charge is 0.330 e. The highest BCUT2D eigenvalue weighted by atomic mass is 16.5. The number of hydrogen-bond donors (Lipinski definition) is 1. The molecule has 0 aromatic heterocycles. The maximum atomic E-state index is 11.8. The summed E-state index contributed by atoms with van der Waals surface area (Å²) in [5.41, 5.74) is 3.29. The molecule has 2 rings (SSSR count). The van der Waals surface area contributed by atoms with Gasteiger partial charge in [0, 0.05) is 11.5 Å². The lowest BCUT2D eigenvalue weighted by molar-refractivity contribution is -0.139. The van der Waals surface area contributed by atoms with E-state index in [2.05, 4.69) is 67.2 Å². The van der Waals surface area contributed by atoms with E-state index in [9.17, 15) is 9.90 Å². The van der Waals surface area contributed by atoms with Crippen molar-refractivity contribution in [2.24, 2.45) is 0 Å². The van der Waals surface area contributed by atoms with Crippen molar-refractivity contribution in [3.8, 4) is 5.75 Å². The van der Waals surface area contributed by atoms with Gasteiger partial charge in [-0.05, 0) is 39.5 Å². The van der Waals surface area contributed by atoms with Crippen LogP contribution in [0.15, 0.2) is 55.1 Å². The van der Waals surface area contributed by atoms with Crippen molar-refractivity contribution in [2.45, 2.75) is 71.1 Å². The van der Waals surface area contributed by atoms with Gasteiger partial charge in [0.05, 0.1) is 0 Å². The summed E-state index contributed by atoms with van der Waals surface area (Å²) < 4.78 is 5.48. The van der Waals surface area contributed by atoms with Crippen LogP contribution in [0.25, 0.3) is 0 Å². The Morgan fingerprint density at radius 1 is 0.967 bits per heavy atom. The molecule has 0 radical (unpaired) electrons. The molecule has 30 heavy (non-hydrogen) atoms. The van der Waals surface area contributed by atoms with E-state index in [1.165, 1.54) is 11.6 Å². The topological polar surface area (TPSA) is 46.5 Å². The first-order chi connectivity index (χ1) is 13.8. The monoisotopic (exact) mass is 408 g/mol. The number of phenolic OH excluding ortho intramolecular Hbond substituents is 1. The Morgan fingerprint density at radius 3 is 2.07 bits per heavy atom. The van der Waals surface area contributed by atoms with Crippen LogP contribution in [0.3, 0.4) is 0 Å². The number of rotatable bonds is 6. The van der Waals surface area contributed by atoms with Gasteiger partial charge >= 0.3 is 5.97 Å². The molecule has 0 spiro atoms. The highest BCUT2D eigenvalue weighted by Gasteiger charge is 2.32. The number of esters is 1. The molecule has 162 valence electrons. The van der Waals surface area contributed by atoms with Gasteiger partial charge in [-0.25, -0.2) is 4.79 Å². The summed E-state index contributed by atoms with van der Waals surface area (Å²) in [6, 6.07) is 14.2. The number of aromatic hydroxyl groups is 1. The van der Waals surface area contributed by atoms with Crippen molar-refractivity contribution < 1.29 is 14.6 Å². The average molecular weight is 409 g/mol. The highest BCUT2D eigenvalue weighted by Crippen LogP contribution is 2.40. The van der Waals surface area contributed by atoms with E-state index >= 15 is 0 Å². The molecular formula is C27H36O3. The molecule has 3 nitrogen and oxygen atoms in total. The van der Waals surface area contributed by atoms with Gasteiger partial charge in [0.25, 0.3) is 0 Å². The predicted molar refractivity (Wildman–Crippen MR) is 124 cm³/mol. The molecule has 0 saturated carbocycles. The Kier molecular flexibility index (Phi) is 6.86. The number of hydrogen-bond acceptors (Lipinski definition) is 3. The molecule has 0 amide bonds. The Bertz CT molecular complexity index is 898. The molecule has 1 N–H and O–H groups in total. The molecule has 0 aliphatic rings. The molecule has 3 heteroatoms. The van der Waals surface area contributed by atoms with Crippen LogP contribution < -0.4 is 0 Å². The minimum atomic E-state index is -0.497. The van der Waals surface area contributed by atoms with Crippen LogP contribution in [0, 0.1) is 0 Å². The number of carbonyl (C=O) groups excluding carboxylic acids is 1. The first kappa shape index (κ1) is 23.7. The summed E-state index contributed by atoms with van der Waals surface area (Å²) in [6.45, 7) is 18.6. The number of benzene rings is 2. The molecule has 0 aliphatic carbocycles. The first-order valence-electron chi connectivity index (χ1n) is 10.5. The number of ether oxygens (including phenoxy) is 1. The Hall–Kier alpha value is -2.55. The maximum Gasteiger partial charge on any atom is 0.330 e. The van der Waals surface area contributed by atoms with Gasteiger partial charge in [-0.3, -0.25) is 0 Å². The molecule has 0 saturated heterocycles. The summed E-state index contributed by atoms with van der Waals surface area (Å²) >= 11 is 0. The number of carbonyl (C=O) groups is 1. The van der Waals surface area contributed by atoms with Crippen LogP contribution in [0.5, 0.6) is 5.75 Å². The second kappa shape index (κ2) is 8.67. The standard InChI is InChI=1S/C27H36O3/c1-9-23(28)30-18-27(8,20-13-11-10-12-14-20)17-19-15-21(25(2,3)4)16-22(24(19)29)26(5,6)7/h9-16,29H,1,17-18H2,2-8H3. The molecular weight excluding hydrogens is 372 g/mol. The van der Waals surface area contributed by atoms with Gasteiger partial charge in [0.15, 0.2) is 0 Å². The van der Waals surface area contributed by atoms with Crippen LogP contribution in [0.2, 0.25) is 0 Å². The number of phenols is 1. The second-order valence-electron chi connectivity index (χ2n) is 10.4. The quantitative estimate of drug-likeness (QED) is 0.456. The minimum Gasteiger partial charge on any atom is -0.507 e. The third-order valence-electron chi connectivity index (χ3n) is 5.61. The van der Waals surface area contributed by atoms with Crippen LogP contribution in [0.1, 0.15) is 70.7 Å². The summed E-state index contributed by atoms with van der Waals surface area (Å²) in [5.74, 6) is -0.118. The maximum absolute atomic E-state index is 11.8. The van der Waals surface area contributed by atoms with Gasteiger partial charge in [0.1, 0.15) is 12.4 Å². The molecule has 1 atom stereocenters. The average Bonchev–Trinajstić information content (AvgIpc) is 2.66. The zero-order valence-corrected chi connectivity index (χ0v) is 19.5. The van der Waals surface area contributed by atoms with Crippen molar-refractivity contribution in [1.29, 1.82) is 0 Å². The van der Waals surface area contributed by atoms with Crippen molar-refractivity contribution in [3.63, 3.8) is 0 Å². The first-order valence-corrected chi connectivity index (χ1v) is 10.5. The van der Waals surface area contributed by atoms with E-state index in [0.29, 0.717) is 12.2 Å². The molecule has 2 aromatic carbocycles. The summed E-state index contributed by atoms with van der Waals surface area (Å²) in [4.78, 5) is 11.8. The predicted octanol–water partition coefficient (Wildman–Crippen LogP) is 6.22. The van der Waals surface area contributed by atoms with Gasteiger partial charge in [-0.15, -0.1) is 0 Å². The molecule has 2 aromatic rings. The zero-order chi connectivity index (χ0) is 22.7. The Labute approximate surface area is 181 Å². The van der Waals surface area contributed by atoms with E-state index in [4.69, 9.17) is 4.74 Å². The van der Waals surface area contributed by atoms with E-state index in [1.54, 1.807) is 0 Å². The SMILES string of the molecule is C=CC(=O)OCC(C)(Cc1cc(C(C)(C)C)cc(C(C)(C)C)c1O)c1ccccc1. The van der Waals surface area contributed by atoms with Crippen LogP contribution in [-0.2, 0) is 32.2 Å². The lowest BCUT2D eigenvalue weighted by atomic mass is 9.74. The van der Waals surface area contributed by atoms with Gasteiger partial charge in [-0.2, -0.15) is 0 Å². The highest BCUT2D eigenvalue weighted by molar-refractivity contribution is 5.81. The fraction of sp³-hybridized carbons (Fsp3) is 0.444. The van der Waals surface area contributed by atoms with Gasteiger partial charge in [0.2, 0.25) is 0 Å². The second-order valence-corrected chi connectivity index (χ2v) is 10.4. The third-order valence-corrected chi connectivity index (χ3v) is 5.61. The summed E-state index contributed by atoms with van der Waals surface area (Å²) in [7, 11) is 0. The van der Waals surface area contributed by atoms with Crippen LogP contribution in [0.4, 0.5) is 0 Å². The van der Waals surface area contributed by atoms with E-state index in [-0.39, 0.29) is 17.4 Å². The summed E-state index contributed by atoms with van der Waals surface area (Å²) in [5, 5.41) is 11.2. The lowest BCUT2D eigenvalue weighted by Gasteiger charge is -2.33. The molecule has 0 bridgehead atoms. The third kappa shape index (κ3) is 5.53. The Morgan fingerprint density at radius 2 is 1.57 bits per heavy atom. The normalized spacial score (nSPS) is 14.1. The van der Waals surface area contributed by atoms with E-state index in [0.717, 1.165) is 16.7 Å². The van der Waals surface area contributed by atoms with Gasteiger partial charge < -0.3 is 9.84 Å². The molecule has 0 heterocycles. The summed E-state index contributed by atoms with van der Waals surface area (Å²) in [6.07, 6.45) is 1.72. The fourth-order valence-electron chi connectivity index (χ4n) is 3.62. The van der Waals surface area contributed by atoms with E-state index in [1.807, 2.05) is 30.3 Å². The molecule has 0 fully saturated rings. The van der Waals surface area contributed by atoms with Crippen molar-refractivity contribution >= 4 is 5.97 Å². The van der Waals surface area contributed by atoms with Gasteiger partial charge in [-0.1, -0.05) is 97.5 Å². The molecule has 0 aliphatic heterocycles. The minimum absolute atomic E-state index is 0.0547. The fourth-order valence-corrected chi connectivity index (χ4v) is 3.62. The van der Waals surface area contributed by atoms with Crippen LogP contribution in [-0.4, -0.2) is 17.7 Å². The van der Waals surface area contributed by atoms with Crippen molar-refractivity contribution in [3.05, 3.63) is 77.4 Å². The van der Waals surface area contributed by atoms with E-state index < -0.39 is 11.4 Å². The largest absolute Gasteiger partial charge is 0.507 e. The van der Waals surface area contributed by atoms with Crippen molar-refractivity contribution in [1.82, 2.24) is 0 Å². The lowest BCUT2D eigenvalue weighted by Crippen LogP contribution is -2.32. The Balaban J connectivity index is 2.61. The van der Waals surface area contributed by atoms with Crippen LogP contribution >= 0.6 is 0 Å². The molecule has 1 unspecified atom stereocenters.